The Bertz CT molecular complexity index is 522. The smallest absolute Gasteiger partial charge is 0.237 e. The Morgan fingerprint density at radius 3 is 2.77 bits per heavy atom. The van der Waals surface area contributed by atoms with Crippen LogP contribution in [-0.4, -0.2) is 28.2 Å². The minimum absolute atomic E-state index is 0.0165. The van der Waals surface area contributed by atoms with Gasteiger partial charge in [0.1, 0.15) is 10.0 Å². The molecule has 1 aliphatic heterocycles. The van der Waals surface area contributed by atoms with E-state index in [4.69, 9.17) is 0 Å². The molecule has 6 heteroatoms. The summed E-state index contributed by atoms with van der Waals surface area (Å²) in [5.74, 6) is 0.806. The topological polar surface area (TPSA) is 66.9 Å². The van der Waals surface area contributed by atoms with Crippen molar-refractivity contribution in [3.05, 3.63) is 10.0 Å². The lowest BCUT2D eigenvalue weighted by molar-refractivity contribution is -0.123. The van der Waals surface area contributed by atoms with Crippen molar-refractivity contribution >= 4 is 17.2 Å². The Kier molecular flexibility index (Phi) is 4.50. The number of fused-ring (bicyclic) bond motifs is 1. The number of aromatic nitrogens is 2. The molecular formula is C16H26N4OS. The van der Waals surface area contributed by atoms with Crippen molar-refractivity contribution in [1.82, 2.24) is 20.8 Å². The first kappa shape index (κ1) is 15.9. The number of rotatable bonds is 3. The number of carbonyl (C=O) groups is 1. The van der Waals surface area contributed by atoms with E-state index in [2.05, 4.69) is 41.6 Å². The van der Waals surface area contributed by atoms with E-state index in [1.54, 1.807) is 11.3 Å². The van der Waals surface area contributed by atoms with Crippen molar-refractivity contribution in [3.8, 4) is 0 Å². The molecule has 3 atom stereocenters. The first-order chi connectivity index (χ1) is 10.4. The molecule has 3 unspecified atom stereocenters. The third-order valence-electron chi connectivity index (χ3n) is 4.70. The lowest BCUT2D eigenvalue weighted by Gasteiger charge is -2.24. The summed E-state index contributed by atoms with van der Waals surface area (Å²) < 4.78 is 0. The zero-order valence-electron chi connectivity index (χ0n) is 13.7. The van der Waals surface area contributed by atoms with Crippen molar-refractivity contribution in [3.63, 3.8) is 0 Å². The van der Waals surface area contributed by atoms with Crippen LogP contribution in [0.15, 0.2) is 0 Å². The van der Waals surface area contributed by atoms with Crippen LogP contribution in [0.5, 0.6) is 0 Å². The molecule has 1 saturated carbocycles. The second-order valence-corrected chi connectivity index (χ2v) is 8.64. The van der Waals surface area contributed by atoms with Crippen molar-refractivity contribution in [2.75, 3.05) is 0 Å². The number of hydrogen-bond acceptors (Lipinski definition) is 5. The Morgan fingerprint density at radius 1 is 1.32 bits per heavy atom. The van der Waals surface area contributed by atoms with Crippen molar-refractivity contribution in [2.45, 2.75) is 76.9 Å². The molecule has 122 valence electrons. The maximum absolute atomic E-state index is 12.3. The number of nitrogens with one attached hydrogen (secondary N) is 2. The Balaban J connectivity index is 1.51. The van der Waals surface area contributed by atoms with Gasteiger partial charge >= 0.3 is 0 Å². The number of amides is 1. The molecule has 3 rings (SSSR count). The molecular weight excluding hydrogens is 296 g/mol. The van der Waals surface area contributed by atoms with Gasteiger partial charge in [-0.25, -0.2) is 0 Å². The lowest BCUT2D eigenvalue weighted by atomic mass is 9.85. The van der Waals surface area contributed by atoms with E-state index in [1.165, 1.54) is 25.7 Å². The van der Waals surface area contributed by atoms with E-state index >= 15 is 0 Å². The van der Waals surface area contributed by atoms with Gasteiger partial charge in [0, 0.05) is 11.5 Å². The Hall–Kier alpha value is -1.01. The summed E-state index contributed by atoms with van der Waals surface area (Å²) in [5, 5.41) is 16.8. The molecule has 1 saturated heterocycles. The fraction of sp³-hybridized carbons (Fsp3) is 0.812. The van der Waals surface area contributed by atoms with E-state index in [-0.39, 0.29) is 17.4 Å². The quantitative estimate of drug-likeness (QED) is 0.896. The molecule has 2 N–H and O–H groups in total. The molecule has 0 radical (unpaired) electrons. The van der Waals surface area contributed by atoms with Gasteiger partial charge in [-0.2, -0.15) is 0 Å². The normalized spacial score (nSPS) is 28.4. The number of carbonyl (C=O) groups excluding carboxylic acids is 1. The molecule has 2 heterocycles. The third kappa shape index (κ3) is 3.49. The molecule has 0 spiro atoms. The van der Waals surface area contributed by atoms with Crippen molar-refractivity contribution in [1.29, 1.82) is 0 Å². The molecule has 1 aromatic heterocycles. The van der Waals surface area contributed by atoms with Gasteiger partial charge in [-0.15, -0.1) is 10.2 Å². The van der Waals surface area contributed by atoms with Crippen molar-refractivity contribution in [2.24, 2.45) is 5.92 Å². The zero-order chi connectivity index (χ0) is 15.7. The van der Waals surface area contributed by atoms with E-state index in [1.807, 2.05) is 0 Å². The molecule has 0 aromatic carbocycles. The minimum Gasteiger partial charge on any atom is -0.348 e. The van der Waals surface area contributed by atoms with E-state index in [0.29, 0.717) is 18.5 Å². The highest BCUT2D eigenvalue weighted by Crippen LogP contribution is 2.33. The summed E-state index contributed by atoms with van der Waals surface area (Å²) in [4.78, 5) is 12.3. The highest BCUT2D eigenvalue weighted by atomic mass is 32.1. The van der Waals surface area contributed by atoms with Gasteiger partial charge < -0.3 is 10.6 Å². The van der Waals surface area contributed by atoms with Gasteiger partial charge in [-0.3, -0.25) is 4.79 Å². The first-order valence-electron chi connectivity index (χ1n) is 8.30. The fourth-order valence-corrected chi connectivity index (χ4v) is 4.27. The fourth-order valence-electron chi connectivity index (χ4n) is 3.44. The molecule has 1 amide bonds. The van der Waals surface area contributed by atoms with Crippen LogP contribution in [0.1, 0.15) is 62.9 Å². The van der Waals surface area contributed by atoms with Gasteiger partial charge in [0.15, 0.2) is 0 Å². The lowest BCUT2D eigenvalue weighted by Crippen LogP contribution is -2.42. The van der Waals surface area contributed by atoms with Gasteiger partial charge in [0.2, 0.25) is 5.91 Å². The second-order valence-electron chi connectivity index (χ2n) is 7.57. The first-order valence-corrected chi connectivity index (χ1v) is 9.12. The standard InChI is InChI=1S/C16H26N4OS/c1-16(2,3)15-20-19-13(22-15)9-17-14(21)12-8-10-6-4-5-7-11(10)18-12/h10-12,18H,4-9H2,1-3H3,(H,17,21). The molecule has 1 aliphatic carbocycles. The van der Waals surface area contributed by atoms with Crippen LogP contribution in [0.2, 0.25) is 0 Å². The van der Waals surface area contributed by atoms with Crippen LogP contribution in [0.3, 0.4) is 0 Å². The predicted octanol–water partition coefficient (Wildman–Crippen LogP) is 2.37. The summed E-state index contributed by atoms with van der Waals surface area (Å²) in [7, 11) is 0. The van der Waals surface area contributed by atoms with Gasteiger partial charge in [-0.1, -0.05) is 44.9 Å². The zero-order valence-corrected chi connectivity index (χ0v) is 14.5. The molecule has 2 aliphatic rings. The van der Waals surface area contributed by atoms with Gasteiger partial charge in [0.25, 0.3) is 0 Å². The molecule has 2 fully saturated rings. The average Bonchev–Trinajstić information content (AvgIpc) is 3.10. The summed E-state index contributed by atoms with van der Waals surface area (Å²) in [6.45, 7) is 6.86. The molecule has 5 nitrogen and oxygen atoms in total. The number of hydrogen-bond donors (Lipinski definition) is 2. The van der Waals surface area contributed by atoms with Crippen LogP contribution in [-0.2, 0) is 16.8 Å². The molecule has 22 heavy (non-hydrogen) atoms. The maximum Gasteiger partial charge on any atom is 0.237 e. The minimum atomic E-state index is -0.0249. The maximum atomic E-state index is 12.3. The summed E-state index contributed by atoms with van der Waals surface area (Å²) in [5.41, 5.74) is 0.0165. The average molecular weight is 322 g/mol. The van der Waals surface area contributed by atoms with Crippen LogP contribution in [0, 0.1) is 5.92 Å². The Morgan fingerprint density at radius 2 is 2.09 bits per heavy atom. The second kappa shape index (κ2) is 6.24. The van der Waals surface area contributed by atoms with E-state index in [9.17, 15) is 4.79 Å². The largest absolute Gasteiger partial charge is 0.348 e. The van der Waals surface area contributed by atoms with Crippen LogP contribution in [0.25, 0.3) is 0 Å². The summed E-state index contributed by atoms with van der Waals surface area (Å²) in [6, 6.07) is 0.529. The Labute approximate surface area is 136 Å². The predicted molar refractivity (Wildman–Crippen MR) is 87.7 cm³/mol. The van der Waals surface area contributed by atoms with Crippen LogP contribution in [0.4, 0.5) is 0 Å². The van der Waals surface area contributed by atoms with Crippen LogP contribution >= 0.6 is 11.3 Å². The molecule has 1 aromatic rings. The van der Waals surface area contributed by atoms with Gasteiger partial charge in [-0.05, 0) is 25.2 Å². The van der Waals surface area contributed by atoms with Crippen molar-refractivity contribution < 1.29 is 4.79 Å². The number of nitrogens with zero attached hydrogens (tertiary/aromatic N) is 2. The monoisotopic (exact) mass is 322 g/mol. The third-order valence-corrected chi connectivity index (χ3v) is 6.05. The molecule has 0 bridgehead atoms. The van der Waals surface area contributed by atoms with Gasteiger partial charge in [0.05, 0.1) is 12.6 Å². The SMILES string of the molecule is CC(C)(C)c1nnc(CNC(=O)C2CC3CCCCC3N2)s1. The summed E-state index contributed by atoms with van der Waals surface area (Å²) >= 11 is 1.59. The summed E-state index contributed by atoms with van der Waals surface area (Å²) in [6.07, 6.45) is 6.09. The van der Waals surface area contributed by atoms with E-state index < -0.39 is 0 Å². The van der Waals surface area contributed by atoms with E-state index in [0.717, 1.165) is 16.4 Å². The highest BCUT2D eigenvalue weighted by molar-refractivity contribution is 7.11. The highest BCUT2D eigenvalue weighted by Gasteiger charge is 2.38. The van der Waals surface area contributed by atoms with Crippen LogP contribution < -0.4 is 10.6 Å².